The molecular weight excluding hydrogens is 153 g/mol. The number of hydrogen-bond acceptors (Lipinski definition) is 3. The lowest BCUT2D eigenvalue weighted by Gasteiger charge is -2.09. The Kier molecular flexibility index (Phi) is 2.58. The van der Waals surface area contributed by atoms with Crippen molar-refractivity contribution in [2.45, 2.75) is 12.2 Å². The zero-order chi connectivity index (χ0) is 8.36. The van der Waals surface area contributed by atoms with Gasteiger partial charge in [-0.2, -0.15) is 13.2 Å². The molecule has 1 atom stereocenters. The lowest BCUT2D eigenvalue weighted by atomic mass is 10.3. The number of rotatable bonds is 2. The lowest BCUT2D eigenvalue weighted by molar-refractivity contribution is -0.489. The van der Waals surface area contributed by atoms with Crippen LogP contribution >= 0.6 is 0 Å². The van der Waals surface area contributed by atoms with Crippen LogP contribution in [-0.2, 0) is 0 Å². The Morgan fingerprint density at radius 2 is 2.00 bits per heavy atom. The molecule has 0 aliphatic heterocycles. The molecule has 0 bridgehead atoms. The summed E-state index contributed by atoms with van der Waals surface area (Å²) in [6.07, 6.45) is -4.67. The van der Waals surface area contributed by atoms with Gasteiger partial charge in [0.15, 0.2) is 6.04 Å². The molecule has 0 aromatic carbocycles. The van der Waals surface area contributed by atoms with Gasteiger partial charge in [0.25, 0.3) is 0 Å². The molecule has 0 aliphatic rings. The summed E-state index contributed by atoms with van der Waals surface area (Å²) < 4.78 is 34.1. The Morgan fingerprint density at radius 3 is 2.10 bits per heavy atom. The average molecular weight is 158 g/mol. The van der Waals surface area contributed by atoms with Crippen LogP contribution in [0.2, 0.25) is 0 Å². The van der Waals surface area contributed by atoms with Crippen molar-refractivity contribution in [2.24, 2.45) is 5.73 Å². The minimum absolute atomic E-state index is 1.10. The van der Waals surface area contributed by atoms with Gasteiger partial charge >= 0.3 is 6.18 Å². The molecule has 0 aromatic rings. The van der Waals surface area contributed by atoms with Crippen LogP contribution in [0, 0.1) is 10.1 Å². The molecule has 2 N–H and O–H groups in total. The van der Waals surface area contributed by atoms with E-state index in [4.69, 9.17) is 0 Å². The highest BCUT2D eigenvalue weighted by Gasteiger charge is 2.40. The van der Waals surface area contributed by atoms with E-state index in [1.165, 1.54) is 0 Å². The third-order valence-electron chi connectivity index (χ3n) is 0.766. The number of nitrogens with two attached hydrogens (primary N) is 1. The highest BCUT2D eigenvalue weighted by atomic mass is 19.4. The second-order valence-electron chi connectivity index (χ2n) is 1.66. The van der Waals surface area contributed by atoms with Gasteiger partial charge in [0.1, 0.15) is 0 Å². The van der Waals surface area contributed by atoms with E-state index in [9.17, 15) is 23.3 Å². The van der Waals surface area contributed by atoms with E-state index in [2.05, 4.69) is 5.73 Å². The molecule has 7 heteroatoms. The van der Waals surface area contributed by atoms with Gasteiger partial charge in [-0.15, -0.1) is 0 Å². The molecule has 0 radical (unpaired) electrons. The zero-order valence-electron chi connectivity index (χ0n) is 4.76. The predicted molar refractivity (Wildman–Crippen MR) is 25.9 cm³/mol. The van der Waals surface area contributed by atoms with E-state index in [0.29, 0.717) is 0 Å². The second-order valence-corrected chi connectivity index (χ2v) is 1.66. The number of nitro groups is 1. The van der Waals surface area contributed by atoms with E-state index in [-0.39, 0.29) is 0 Å². The molecule has 0 aliphatic carbocycles. The molecule has 0 spiro atoms. The van der Waals surface area contributed by atoms with Crippen LogP contribution in [-0.4, -0.2) is 23.7 Å². The first-order valence-electron chi connectivity index (χ1n) is 2.28. The number of halogens is 3. The smallest absolute Gasteiger partial charge is 0.315 e. The number of hydrogen-bond donors (Lipinski definition) is 1. The fourth-order valence-corrected chi connectivity index (χ4v) is 0.264. The maximum absolute atomic E-state index is 11.4. The minimum Gasteiger partial charge on any atom is -0.315 e. The van der Waals surface area contributed by atoms with Crippen molar-refractivity contribution in [3.8, 4) is 0 Å². The third-order valence-corrected chi connectivity index (χ3v) is 0.766. The Morgan fingerprint density at radius 1 is 1.60 bits per heavy atom. The van der Waals surface area contributed by atoms with E-state index in [1.807, 2.05) is 0 Å². The van der Waals surface area contributed by atoms with Gasteiger partial charge in [0.2, 0.25) is 6.54 Å². The quantitative estimate of drug-likeness (QED) is 0.459. The first-order valence-corrected chi connectivity index (χ1v) is 2.28. The molecule has 0 heterocycles. The van der Waals surface area contributed by atoms with Gasteiger partial charge in [-0.05, 0) is 0 Å². The van der Waals surface area contributed by atoms with Crippen LogP contribution in [0.15, 0.2) is 0 Å². The van der Waals surface area contributed by atoms with Crippen LogP contribution < -0.4 is 5.73 Å². The molecule has 0 fully saturated rings. The third kappa shape index (κ3) is 3.23. The fraction of sp³-hybridized carbons (Fsp3) is 1.00. The first kappa shape index (κ1) is 9.15. The predicted octanol–water partition coefficient (Wildman–Crippen LogP) is 0.153. The fourth-order valence-electron chi connectivity index (χ4n) is 0.264. The zero-order valence-corrected chi connectivity index (χ0v) is 4.76. The van der Waals surface area contributed by atoms with Crippen molar-refractivity contribution in [2.75, 3.05) is 6.54 Å². The molecule has 0 saturated carbocycles. The van der Waals surface area contributed by atoms with Crippen molar-refractivity contribution in [3.63, 3.8) is 0 Å². The van der Waals surface area contributed by atoms with Crippen LogP contribution in [0.3, 0.4) is 0 Å². The Labute approximate surface area is 54.0 Å². The summed E-state index contributed by atoms with van der Waals surface area (Å²) in [6, 6.07) is -2.36. The lowest BCUT2D eigenvalue weighted by Crippen LogP contribution is -2.42. The Balaban J connectivity index is 3.85. The molecule has 10 heavy (non-hydrogen) atoms. The standard InChI is InChI=1S/C3H5F3N2O2/c4-3(5,6)2(7)1-8(9)10/h2H,1,7H2. The van der Waals surface area contributed by atoms with Crippen molar-refractivity contribution in [1.29, 1.82) is 0 Å². The summed E-state index contributed by atoms with van der Waals surface area (Å²) in [5.41, 5.74) is 4.38. The van der Waals surface area contributed by atoms with Gasteiger partial charge in [-0.1, -0.05) is 0 Å². The van der Waals surface area contributed by atoms with Crippen molar-refractivity contribution in [1.82, 2.24) is 0 Å². The van der Waals surface area contributed by atoms with E-state index < -0.39 is 23.7 Å². The second kappa shape index (κ2) is 2.82. The minimum atomic E-state index is -4.67. The summed E-state index contributed by atoms with van der Waals surface area (Å²) in [6.45, 7) is -1.27. The van der Waals surface area contributed by atoms with E-state index in [0.717, 1.165) is 0 Å². The summed E-state index contributed by atoms with van der Waals surface area (Å²) in [4.78, 5) is 8.38. The largest absolute Gasteiger partial charge is 0.410 e. The summed E-state index contributed by atoms with van der Waals surface area (Å²) >= 11 is 0. The Bertz CT molecular complexity index is 134. The molecule has 0 aromatic heterocycles. The van der Waals surface area contributed by atoms with Gasteiger partial charge in [0, 0.05) is 4.92 Å². The number of nitrogens with zero attached hydrogens (tertiary/aromatic N) is 1. The van der Waals surface area contributed by atoms with Crippen LogP contribution in [0.1, 0.15) is 0 Å². The van der Waals surface area contributed by atoms with Crippen LogP contribution in [0.5, 0.6) is 0 Å². The van der Waals surface area contributed by atoms with Crippen LogP contribution in [0.25, 0.3) is 0 Å². The highest BCUT2D eigenvalue weighted by Crippen LogP contribution is 2.17. The molecule has 0 rings (SSSR count). The normalized spacial score (nSPS) is 14.8. The Hall–Kier alpha value is -0.850. The summed E-state index contributed by atoms with van der Waals surface area (Å²) in [5.74, 6) is 0. The summed E-state index contributed by atoms with van der Waals surface area (Å²) in [7, 11) is 0. The first-order chi connectivity index (χ1) is 4.34. The molecule has 0 saturated heterocycles. The van der Waals surface area contributed by atoms with Gasteiger partial charge < -0.3 is 5.73 Å². The van der Waals surface area contributed by atoms with Gasteiger partial charge in [-0.3, -0.25) is 10.1 Å². The topological polar surface area (TPSA) is 69.2 Å². The van der Waals surface area contributed by atoms with Gasteiger partial charge in [-0.25, -0.2) is 0 Å². The van der Waals surface area contributed by atoms with Crippen molar-refractivity contribution >= 4 is 0 Å². The maximum Gasteiger partial charge on any atom is 0.410 e. The molecule has 60 valence electrons. The highest BCUT2D eigenvalue weighted by molar-refractivity contribution is 4.68. The average Bonchev–Trinajstić information content (AvgIpc) is 1.60. The monoisotopic (exact) mass is 158 g/mol. The molecule has 1 unspecified atom stereocenters. The van der Waals surface area contributed by atoms with Crippen LogP contribution in [0.4, 0.5) is 13.2 Å². The molecule has 0 amide bonds. The molecular formula is C3H5F3N2O2. The SMILES string of the molecule is NC(C[N+](=O)[O-])C(F)(F)F. The van der Waals surface area contributed by atoms with E-state index in [1.54, 1.807) is 0 Å². The molecule has 4 nitrogen and oxygen atoms in total. The van der Waals surface area contributed by atoms with E-state index >= 15 is 0 Å². The number of alkyl halides is 3. The van der Waals surface area contributed by atoms with Gasteiger partial charge in [0.05, 0.1) is 0 Å². The van der Waals surface area contributed by atoms with Crippen molar-refractivity contribution in [3.05, 3.63) is 10.1 Å². The van der Waals surface area contributed by atoms with Crippen molar-refractivity contribution < 1.29 is 18.1 Å². The maximum atomic E-state index is 11.4. The summed E-state index contributed by atoms with van der Waals surface area (Å²) in [5, 5.41) is 9.48.